The molecular formula is C13H26N2O4. The minimum absolute atomic E-state index is 0.219. The lowest BCUT2D eigenvalue weighted by molar-refractivity contribution is -0.173. The number of amides is 2. The molecule has 2 amide bonds. The standard InChI is InChI=1S/C13H26N2O4/c1-10(2)14(18)12(16)8-6-5-7-9-13(17)15(19)11(3)4/h10-11,18-19H,5-9H2,1-4H3. The van der Waals surface area contributed by atoms with Crippen molar-refractivity contribution in [2.45, 2.75) is 71.9 Å². The normalized spacial score (nSPS) is 10.9. The van der Waals surface area contributed by atoms with Gasteiger partial charge in [-0.25, -0.2) is 10.1 Å². The van der Waals surface area contributed by atoms with Crippen molar-refractivity contribution < 1.29 is 20.0 Å². The summed E-state index contributed by atoms with van der Waals surface area (Å²) < 4.78 is 0. The molecule has 0 aromatic heterocycles. The largest absolute Gasteiger partial charge is 0.286 e. The van der Waals surface area contributed by atoms with Gasteiger partial charge in [-0.3, -0.25) is 20.0 Å². The maximum absolute atomic E-state index is 11.4. The molecule has 6 nitrogen and oxygen atoms in total. The van der Waals surface area contributed by atoms with Crippen LogP contribution in [0.4, 0.5) is 0 Å². The number of hydroxylamine groups is 4. The topological polar surface area (TPSA) is 81.1 Å². The first-order valence-corrected chi connectivity index (χ1v) is 6.79. The van der Waals surface area contributed by atoms with Gasteiger partial charge in [-0.05, 0) is 40.5 Å². The fourth-order valence-corrected chi connectivity index (χ4v) is 1.53. The third-order valence-electron chi connectivity index (χ3n) is 2.77. The second kappa shape index (κ2) is 8.87. The van der Waals surface area contributed by atoms with Gasteiger partial charge in [0.25, 0.3) is 0 Å². The van der Waals surface area contributed by atoms with Crippen LogP contribution in [0.3, 0.4) is 0 Å². The van der Waals surface area contributed by atoms with Crippen LogP contribution in [0.25, 0.3) is 0 Å². The highest BCUT2D eigenvalue weighted by molar-refractivity contribution is 5.75. The van der Waals surface area contributed by atoms with Crippen molar-refractivity contribution in [1.29, 1.82) is 0 Å². The van der Waals surface area contributed by atoms with Crippen LogP contribution in [0.15, 0.2) is 0 Å². The summed E-state index contributed by atoms with van der Waals surface area (Å²) in [6.45, 7) is 6.94. The van der Waals surface area contributed by atoms with E-state index < -0.39 is 0 Å². The van der Waals surface area contributed by atoms with E-state index in [0.29, 0.717) is 12.8 Å². The van der Waals surface area contributed by atoms with Crippen LogP contribution in [0, 0.1) is 0 Å². The van der Waals surface area contributed by atoms with E-state index in [0.717, 1.165) is 16.5 Å². The molecule has 0 rings (SSSR count). The zero-order chi connectivity index (χ0) is 15.0. The van der Waals surface area contributed by atoms with Crippen LogP contribution in [0.5, 0.6) is 0 Å². The quantitative estimate of drug-likeness (QED) is 0.404. The Kier molecular flexibility index (Phi) is 8.34. The van der Waals surface area contributed by atoms with E-state index in [1.165, 1.54) is 0 Å². The Bertz CT molecular complexity index is 264. The first-order valence-electron chi connectivity index (χ1n) is 6.79. The van der Waals surface area contributed by atoms with Gasteiger partial charge in [-0.15, -0.1) is 0 Å². The van der Waals surface area contributed by atoms with Crippen molar-refractivity contribution >= 4 is 11.8 Å². The number of rotatable bonds is 8. The highest BCUT2D eigenvalue weighted by Gasteiger charge is 2.15. The van der Waals surface area contributed by atoms with Gasteiger partial charge in [0.2, 0.25) is 11.8 Å². The number of carbonyl (C=O) groups is 2. The minimum atomic E-state index is -0.299. The SMILES string of the molecule is CC(C)N(O)C(=O)CCCCCC(=O)N(O)C(C)C. The van der Waals surface area contributed by atoms with Crippen LogP contribution >= 0.6 is 0 Å². The molecule has 0 bridgehead atoms. The molecule has 2 N–H and O–H groups in total. The lowest BCUT2D eigenvalue weighted by Gasteiger charge is -2.19. The second-order valence-electron chi connectivity index (χ2n) is 5.22. The molecule has 0 heterocycles. The summed E-state index contributed by atoms with van der Waals surface area (Å²) >= 11 is 0. The van der Waals surface area contributed by atoms with Crippen molar-refractivity contribution in [1.82, 2.24) is 10.1 Å². The molecule has 0 aromatic rings. The van der Waals surface area contributed by atoms with E-state index in [-0.39, 0.29) is 36.7 Å². The maximum Gasteiger partial charge on any atom is 0.246 e. The molecule has 6 heteroatoms. The van der Waals surface area contributed by atoms with E-state index in [4.69, 9.17) is 0 Å². The summed E-state index contributed by atoms with van der Waals surface area (Å²) in [5.74, 6) is -0.598. The number of hydrogen-bond acceptors (Lipinski definition) is 4. The fourth-order valence-electron chi connectivity index (χ4n) is 1.53. The second-order valence-corrected chi connectivity index (χ2v) is 5.22. The lowest BCUT2D eigenvalue weighted by Crippen LogP contribution is -2.33. The van der Waals surface area contributed by atoms with Gasteiger partial charge >= 0.3 is 0 Å². The van der Waals surface area contributed by atoms with Gasteiger partial charge in [0.15, 0.2) is 0 Å². The van der Waals surface area contributed by atoms with Crippen molar-refractivity contribution in [2.24, 2.45) is 0 Å². The van der Waals surface area contributed by atoms with Gasteiger partial charge in [-0.2, -0.15) is 0 Å². The Labute approximate surface area is 114 Å². The van der Waals surface area contributed by atoms with E-state index >= 15 is 0 Å². The number of nitrogens with zero attached hydrogens (tertiary/aromatic N) is 2. The monoisotopic (exact) mass is 274 g/mol. The highest BCUT2D eigenvalue weighted by Crippen LogP contribution is 2.08. The smallest absolute Gasteiger partial charge is 0.246 e. The summed E-state index contributed by atoms with van der Waals surface area (Å²) in [4.78, 5) is 22.9. The molecule has 0 aliphatic carbocycles. The van der Waals surface area contributed by atoms with Gasteiger partial charge in [-0.1, -0.05) is 6.42 Å². The first kappa shape index (κ1) is 17.9. The summed E-state index contributed by atoms with van der Waals surface area (Å²) in [7, 11) is 0. The van der Waals surface area contributed by atoms with Crippen LogP contribution in [0.2, 0.25) is 0 Å². The van der Waals surface area contributed by atoms with Crippen molar-refractivity contribution in [3.63, 3.8) is 0 Å². The summed E-state index contributed by atoms with van der Waals surface area (Å²) in [6, 6.07) is -0.439. The maximum atomic E-state index is 11.4. The molecule has 0 unspecified atom stereocenters. The molecule has 19 heavy (non-hydrogen) atoms. The van der Waals surface area contributed by atoms with Crippen LogP contribution < -0.4 is 0 Å². The fraction of sp³-hybridized carbons (Fsp3) is 0.846. The van der Waals surface area contributed by atoms with Crippen molar-refractivity contribution in [2.75, 3.05) is 0 Å². The van der Waals surface area contributed by atoms with Crippen LogP contribution in [-0.4, -0.2) is 44.4 Å². The molecule has 0 radical (unpaired) electrons. The van der Waals surface area contributed by atoms with Gasteiger partial charge in [0.1, 0.15) is 0 Å². The van der Waals surface area contributed by atoms with Gasteiger partial charge in [0.05, 0.1) is 12.1 Å². The molecule has 112 valence electrons. The molecule has 0 atom stereocenters. The minimum Gasteiger partial charge on any atom is -0.286 e. The average Bonchev–Trinajstić information content (AvgIpc) is 2.35. The Balaban J connectivity index is 3.71. The summed E-state index contributed by atoms with van der Waals surface area (Å²) in [5.41, 5.74) is 0. The predicted octanol–water partition coefficient (Wildman–Crippen LogP) is 2.19. The van der Waals surface area contributed by atoms with Crippen LogP contribution in [0.1, 0.15) is 59.8 Å². The zero-order valence-corrected chi connectivity index (χ0v) is 12.3. The Morgan fingerprint density at radius 2 is 1.11 bits per heavy atom. The molecule has 0 saturated heterocycles. The molecule has 0 saturated carbocycles. The average molecular weight is 274 g/mol. The van der Waals surface area contributed by atoms with E-state index in [1.807, 2.05) is 0 Å². The van der Waals surface area contributed by atoms with Gasteiger partial charge in [0, 0.05) is 12.8 Å². The first-order chi connectivity index (χ1) is 8.77. The number of carbonyl (C=O) groups excluding carboxylic acids is 2. The zero-order valence-electron chi connectivity index (χ0n) is 12.3. The van der Waals surface area contributed by atoms with E-state index in [2.05, 4.69) is 0 Å². The molecule has 0 spiro atoms. The molecule has 0 aromatic carbocycles. The van der Waals surface area contributed by atoms with Crippen molar-refractivity contribution in [3.05, 3.63) is 0 Å². The van der Waals surface area contributed by atoms with Crippen molar-refractivity contribution in [3.8, 4) is 0 Å². The number of unbranched alkanes of at least 4 members (excludes halogenated alkanes) is 2. The molecule has 0 aliphatic rings. The van der Waals surface area contributed by atoms with Crippen LogP contribution in [-0.2, 0) is 9.59 Å². The summed E-state index contributed by atoms with van der Waals surface area (Å²) in [5, 5.41) is 20.2. The van der Waals surface area contributed by atoms with E-state index in [1.54, 1.807) is 27.7 Å². The molecule has 0 aliphatic heterocycles. The third-order valence-corrected chi connectivity index (χ3v) is 2.77. The van der Waals surface area contributed by atoms with Gasteiger partial charge < -0.3 is 0 Å². The molecule has 0 fully saturated rings. The Morgan fingerprint density at radius 1 is 0.789 bits per heavy atom. The lowest BCUT2D eigenvalue weighted by atomic mass is 10.1. The van der Waals surface area contributed by atoms with E-state index in [9.17, 15) is 20.0 Å². The Morgan fingerprint density at radius 3 is 1.37 bits per heavy atom. The Hall–Kier alpha value is -1.14. The molecular weight excluding hydrogens is 248 g/mol. The summed E-state index contributed by atoms with van der Waals surface area (Å²) in [6.07, 6.45) is 2.52. The highest BCUT2D eigenvalue weighted by atomic mass is 16.5. The predicted molar refractivity (Wildman–Crippen MR) is 70.6 cm³/mol. The third kappa shape index (κ3) is 7.12. The number of hydrogen-bond donors (Lipinski definition) is 2.